The van der Waals surface area contributed by atoms with Crippen molar-refractivity contribution in [2.75, 3.05) is 0 Å². The topological polar surface area (TPSA) is 0 Å². The third-order valence-corrected chi connectivity index (χ3v) is 4.51. The fraction of sp³-hybridized carbons (Fsp3) is 0.100. The molecule has 0 amide bonds. The van der Waals surface area contributed by atoms with E-state index in [1.54, 1.807) is 11.8 Å². The summed E-state index contributed by atoms with van der Waals surface area (Å²) in [5.41, 5.74) is 5.13. The standard InChI is InChI=1S/C20H18S/c1-15-3-7-17(8-4-15)18-9-13-20(14-10-18)21-19-11-5-16(2)6-12-19/h3-14H,1-2H3. The van der Waals surface area contributed by atoms with Gasteiger partial charge >= 0.3 is 0 Å². The first-order chi connectivity index (χ1) is 10.2. The molecule has 0 saturated heterocycles. The van der Waals surface area contributed by atoms with E-state index in [2.05, 4.69) is 86.6 Å². The molecular weight excluding hydrogens is 272 g/mol. The molecule has 0 atom stereocenters. The van der Waals surface area contributed by atoms with Crippen molar-refractivity contribution in [3.8, 4) is 11.1 Å². The second-order valence-electron chi connectivity index (χ2n) is 5.31. The largest absolute Gasteiger partial charge is 0.0901 e. The van der Waals surface area contributed by atoms with Gasteiger partial charge in [0, 0.05) is 9.79 Å². The molecule has 3 aromatic carbocycles. The first-order valence-electron chi connectivity index (χ1n) is 7.12. The van der Waals surface area contributed by atoms with Crippen LogP contribution in [-0.4, -0.2) is 0 Å². The van der Waals surface area contributed by atoms with E-state index in [1.807, 2.05) is 0 Å². The highest BCUT2D eigenvalue weighted by Gasteiger charge is 2.00. The predicted molar refractivity (Wildman–Crippen MR) is 91.9 cm³/mol. The van der Waals surface area contributed by atoms with Crippen LogP contribution in [0.25, 0.3) is 11.1 Å². The molecule has 0 unspecified atom stereocenters. The Morgan fingerprint density at radius 2 is 0.810 bits per heavy atom. The van der Waals surface area contributed by atoms with E-state index in [-0.39, 0.29) is 0 Å². The maximum atomic E-state index is 2.20. The molecular formula is C20H18S. The highest BCUT2D eigenvalue weighted by atomic mass is 32.2. The van der Waals surface area contributed by atoms with Gasteiger partial charge in [0.2, 0.25) is 0 Å². The Hall–Kier alpha value is -1.99. The summed E-state index contributed by atoms with van der Waals surface area (Å²) < 4.78 is 0. The van der Waals surface area contributed by atoms with Crippen molar-refractivity contribution < 1.29 is 0 Å². The molecule has 0 aliphatic rings. The lowest BCUT2D eigenvalue weighted by Crippen LogP contribution is -1.79. The first-order valence-corrected chi connectivity index (χ1v) is 7.94. The van der Waals surface area contributed by atoms with Gasteiger partial charge in [0.05, 0.1) is 0 Å². The smallest absolute Gasteiger partial charge is 0.0122 e. The van der Waals surface area contributed by atoms with Gasteiger partial charge in [-0.25, -0.2) is 0 Å². The summed E-state index contributed by atoms with van der Waals surface area (Å²) in [6.45, 7) is 4.23. The minimum absolute atomic E-state index is 1.27. The minimum atomic E-state index is 1.27. The molecule has 3 aromatic rings. The maximum absolute atomic E-state index is 2.20. The molecule has 3 rings (SSSR count). The third-order valence-electron chi connectivity index (χ3n) is 3.50. The van der Waals surface area contributed by atoms with E-state index in [0.29, 0.717) is 0 Å². The molecule has 0 saturated carbocycles. The minimum Gasteiger partial charge on any atom is -0.0901 e. The van der Waals surface area contributed by atoms with Crippen LogP contribution in [0.4, 0.5) is 0 Å². The lowest BCUT2D eigenvalue weighted by atomic mass is 10.0. The second-order valence-corrected chi connectivity index (χ2v) is 6.45. The molecule has 104 valence electrons. The Kier molecular flexibility index (Phi) is 4.12. The Bertz CT molecular complexity index is 707. The number of benzene rings is 3. The van der Waals surface area contributed by atoms with Crippen LogP contribution >= 0.6 is 11.8 Å². The van der Waals surface area contributed by atoms with Gasteiger partial charge in [-0.3, -0.25) is 0 Å². The monoisotopic (exact) mass is 290 g/mol. The van der Waals surface area contributed by atoms with Gasteiger partial charge in [-0.15, -0.1) is 0 Å². The van der Waals surface area contributed by atoms with Gasteiger partial charge in [-0.2, -0.15) is 0 Å². The molecule has 1 heteroatoms. The molecule has 0 aliphatic heterocycles. The zero-order valence-electron chi connectivity index (χ0n) is 12.3. The summed E-state index contributed by atoms with van der Waals surface area (Å²) in [5, 5.41) is 0. The van der Waals surface area contributed by atoms with Crippen LogP contribution in [-0.2, 0) is 0 Å². The molecule has 0 heterocycles. The van der Waals surface area contributed by atoms with E-state index < -0.39 is 0 Å². The van der Waals surface area contributed by atoms with Gasteiger partial charge in [0.15, 0.2) is 0 Å². The number of hydrogen-bond acceptors (Lipinski definition) is 1. The Balaban J connectivity index is 1.77. The van der Waals surface area contributed by atoms with Crippen molar-refractivity contribution in [1.82, 2.24) is 0 Å². The SMILES string of the molecule is Cc1ccc(Sc2ccc(-c3ccc(C)cc3)cc2)cc1. The van der Waals surface area contributed by atoms with Crippen LogP contribution in [0.1, 0.15) is 11.1 Å². The summed E-state index contributed by atoms with van der Waals surface area (Å²) >= 11 is 1.80. The molecule has 0 bridgehead atoms. The summed E-state index contributed by atoms with van der Waals surface area (Å²) in [5.74, 6) is 0. The molecule has 0 N–H and O–H groups in total. The van der Waals surface area contributed by atoms with Crippen molar-refractivity contribution in [3.63, 3.8) is 0 Å². The molecule has 0 aliphatic carbocycles. The van der Waals surface area contributed by atoms with Crippen LogP contribution in [0.15, 0.2) is 82.6 Å². The van der Waals surface area contributed by atoms with E-state index in [1.165, 1.54) is 32.0 Å². The summed E-state index contributed by atoms with van der Waals surface area (Å²) in [7, 11) is 0. The van der Waals surface area contributed by atoms with E-state index >= 15 is 0 Å². The molecule has 21 heavy (non-hydrogen) atoms. The molecule has 0 nitrogen and oxygen atoms in total. The number of hydrogen-bond donors (Lipinski definition) is 0. The van der Waals surface area contributed by atoms with Crippen molar-refractivity contribution in [3.05, 3.63) is 83.9 Å². The van der Waals surface area contributed by atoms with E-state index in [0.717, 1.165) is 0 Å². The highest BCUT2D eigenvalue weighted by Crippen LogP contribution is 2.30. The van der Waals surface area contributed by atoms with Crippen LogP contribution in [0.2, 0.25) is 0 Å². The van der Waals surface area contributed by atoms with Gasteiger partial charge < -0.3 is 0 Å². The van der Waals surface area contributed by atoms with Gasteiger partial charge in [0.25, 0.3) is 0 Å². The summed E-state index contributed by atoms with van der Waals surface area (Å²) in [6, 6.07) is 26.1. The van der Waals surface area contributed by atoms with Gasteiger partial charge in [0.1, 0.15) is 0 Å². The number of aryl methyl sites for hydroxylation is 2. The van der Waals surface area contributed by atoms with Crippen LogP contribution < -0.4 is 0 Å². The van der Waals surface area contributed by atoms with Crippen LogP contribution in [0, 0.1) is 13.8 Å². The quantitative estimate of drug-likeness (QED) is 0.560. The molecule has 0 aromatic heterocycles. The Labute approximate surface area is 130 Å². The lowest BCUT2D eigenvalue weighted by Gasteiger charge is -2.05. The average Bonchev–Trinajstić information content (AvgIpc) is 2.51. The lowest BCUT2D eigenvalue weighted by molar-refractivity contribution is 1.36. The van der Waals surface area contributed by atoms with E-state index in [9.17, 15) is 0 Å². The first kappa shape index (κ1) is 14.0. The Morgan fingerprint density at radius 1 is 0.476 bits per heavy atom. The van der Waals surface area contributed by atoms with Crippen molar-refractivity contribution in [2.45, 2.75) is 23.6 Å². The normalized spacial score (nSPS) is 10.6. The summed E-state index contributed by atoms with van der Waals surface area (Å²) in [4.78, 5) is 2.55. The zero-order chi connectivity index (χ0) is 14.7. The Morgan fingerprint density at radius 3 is 1.29 bits per heavy atom. The maximum Gasteiger partial charge on any atom is 0.0122 e. The van der Waals surface area contributed by atoms with Crippen LogP contribution in [0.5, 0.6) is 0 Å². The second kappa shape index (κ2) is 6.19. The van der Waals surface area contributed by atoms with E-state index in [4.69, 9.17) is 0 Å². The molecule has 0 radical (unpaired) electrons. The fourth-order valence-corrected chi connectivity index (χ4v) is 3.02. The van der Waals surface area contributed by atoms with Crippen LogP contribution in [0.3, 0.4) is 0 Å². The fourth-order valence-electron chi connectivity index (χ4n) is 2.20. The number of rotatable bonds is 3. The molecule has 0 spiro atoms. The highest BCUT2D eigenvalue weighted by molar-refractivity contribution is 7.99. The average molecular weight is 290 g/mol. The third kappa shape index (κ3) is 3.56. The van der Waals surface area contributed by atoms with Crippen molar-refractivity contribution in [2.24, 2.45) is 0 Å². The van der Waals surface area contributed by atoms with Crippen molar-refractivity contribution in [1.29, 1.82) is 0 Å². The zero-order valence-corrected chi connectivity index (χ0v) is 13.2. The predicted octanol–water partition coefficient (Wildman–Crippen LogP) is 6.12. The van der Waals surface area contributed by atoms with Gasteiger partial charge in [-0.05, 0) is 49.2 Å². The summed E-state index contributed by atoms with van der Waals surface area (Å²) in [6.07, 6.45) is 0. The van der Waals surface area contributed by atoms with Crippen molar-refractivity contribution >= 4 is 11.8 Å². The molecule has 0 fully saturated rings. The van der Waals surface area contributed by atoms with Gasteiger partial charge in [-0.1, -0.05) is 71.4 Å².